The van der Waals surface area contributed by atoms with E-state index in [4.69, 9.17) is 4.74 Å². The van der Waals surface area contributed by atoms with Crippen molar-refractivity contribution in [3.05, 3.63) is 29.3 Å². The van der Waals surface area contributed by atoms with E-state index in [0.29, 0.717) is 6.61 Å². The van der Waals surface area contributed by atoms with Crippen molar-refractivity contribution in [2.24, 2.45) is 23.2 Å². The van der Waals surface area contributed by atoms with Crippen LogP contribution in [0.15, 0.2) is 24.3 Å². The van der Waals surface area contributed by atoms with Gasteiger partial charge < -0.3 is 4.74 Å². The number of hydrogen-bond donors (Lipinski definition) is 0. The highest BCUT2D eigenvalue weighted by molar-refractivity contribution is 7.18. The minimum absolute atomic E-state index is 0.0517. The number of carbonyl (C=O) groups excluding carboxylic acids is 1. The number of aromatic nitrogens is 1. The number of fused-ring (bicyclic) bond motifs is 1. The predicted molar refractivity (Wildman–Crippen MR) is 90.0 cm³/mol. The number of para-hydroxylation sites is 1. The Morgan fingerprint density at radius 3 is 2.43 bits per heavy atom. The first-order valence-electron chi connectivity index (χ1n) is 8.72. The predicted octanol–water partition coefficient (Wildman–Crippen LogP) is 4.56. The minimum atomic E-state index is -0.161. The third-order valence-corrected chi connectivity index (χ3v) is 7.15. The zero-order valence-corrected chi connectivity index (χ0v) is 14.0. The third-order valence-electron chi connectivity index (χ3n) is 6.14. The summed E-state index contributed by atoms with van der Waals surface area (Å²) in [5.74, 6) is 2.37. The Kier molecular flexibility index (Phi) is 3.06. The van der Waals surface area contributed by atoms with Crippen LogP contribution in [0.4, 0.5) is 0 Å². The number of nitrogens with zero attached hydrogens (tertiary/aromatic N) is 1. The molecule has 0 atom stereocenters. The van der Waals surface area contributed by atoms with Crippen molar-refractivity contribution < 1.29 is 9.53 Å². The maximum atomic E-state index is 12.8. The van der Waals surface area contributed by atoms with Gasteiger partial charge in [0, 0.05) is 0 Å². The van der Waals surface area contributed by atoms with Gasteiger partial charge in [0.2, 0.25) is 0 Å². The summed E-state index contributed by atoms with van der Waals surface area (Å²) in [6.07, 6.45) is 7.26. The molecule has 4 saturated carbocycles. The van der Waals surface area contributed by atoms with Crippen LogP contribution < -0.4 is 0 Å². The lowest BCUT2D eigenvalue weighted by Crippen LogP contribution is -2.50. The summed E-state index contributed by atoms with van der Waals surface area (Å²) in [7, 11) is 0. The van der Waals surface area contributed by atoms with E-state index in [1.165, 1.54) is 19.3 Å². The lowest BCUT2D eigenvalue weighted by Gasteiger charge is -2.55. The van der Waals surface area contributed by atoms with Gasteiger partial charge in [0.25, 0.3) is 0 Å². The van der Waals surface area contributed by atoms with Gasteiger partial charge in [0.05, 0.1) is 15.6 Å². The maximum Gasteiger partial charge on any atom is 0.312 e. The monoisotopic (exact) mass is 327 g/mol. The molecule has 120 valence electrons. The molecular weight excluding hydrogens is 306 g/mol. The fourth-order valence-corrected chi connectivity index (χ4v) is 6.50. The SMILES string of the molecule is O=C(OCc1nc2ccccc2s1)C12CC3CC(CC(C3)C1)C2. The molecule has 0 aliphatic heterocycles. The van der Waals surface area contributed by atoms with Crippen molar-refractivity contribution in [3.63, 3.8) is 0 Å². The van der Waals surface area contributed by atoms with E-state index < -0.39 is 0 Å². The van der Waals surface area contributed by atoms with Crippen LogP contribution in [-0.2, 0) is 16.1 Å². The van der Waals surface area contributed by atoms with E-state index in [9.17, 15) is 4.79 Å². The van der Waals surface area contributed by atoms with Crippen LogP contribution >= 0.6 is 11.3 Å². The summed E-state index contributed by atoms with van der Waals surface area (Å²) in [5.41, 5.74) is 0.837. The van der Waals surface area contributed by atoms with Crippen LogP contribution in [-0.4, -0.2) is 11.0 Å². The number of carbonyl (C=O) groups is 1. The van der Waals surface area contributed by atoms with E-state index in [1.54, 1.807) is 11.3 Å². The van der Waals surface area contributed by atoms with E-state index in [2.05, 4.69) is 11.1 Å². The van der Waals surface area contributed by atoms with E-state index in [0.717, 1.165) is 52.2 Å². The van der Waals surface area contributed by atoms with Crippen molar-refractivity contribution in [2.75, 3.05) is 0 Å². The Morgan fingerprint density at radius 1 is 1.13 bits per heavy atom. The van der Waals surface area contributed by atoms with Gasteiger partial charge >= 0.3 is 5.97 Å². The molecule has 1 heterocycles. The fourth-order valence-electron chi connectivity index (χ4n) is 5.62. The smallest absolute Gasteiger partial charge is 0.312 e. The van der Waals surface area contributed by atoms with Gasteiger partial charge in [-0.05, 0) is 68.4 Å². The number of benzene rings is 1. The Labute approximate surface area is 140 Å². The van der Waals surface area contributed by atoms with Gasteiger partial charge in [-0.25, -0.2) is 4.98 Å². The standard InChI is InChI=1S/C19H21NO2S/c21-18(19-8-12-5-13(9-19)7-14(6-12)10-19)22-11-17-20-15-3-1-2-4-16(15)23-17/h1-4,12-14H,5-11H2. The van der Waals surface area contributed by atoms with Gasteiger partial charge in [-0.2, -0.15) is 0 Å². The second kappa shape index (κ2) is 5.04. The zero-order chi connectivity index (χ0) is 15.4. The summed E-state index contributed by atoms with van der Waals surface area (Å²) in [6, 6.07) is 8.09. The number of esters is 1. The second-order valence-electron chi connectivity index (χ2n) is 7.85. The second-order valence-corrected chi connectivity index (χ2v) is 8.96. The molecule has 0 radical (unpaired) electrons. The Bertz CT molecular complexity index is 697. The topological polar surface area (TPSA) is 39.2 Å². The lowest BCUT2D eigenvalue weighted by molar-refractivity contribution is -0.172. The van der Waals surface area contributed by atoms with Crippen molar-refractivity contribution in [1.82, 2.24) is 4.98 Å². The molecular formula is C19H21NO2S. The van der Waals surface area contributed by atoms with Crippen LogP contribution in [0, 0.1) is 23.2 Å². The van der Waals surface area contributed by atoms with E-state index >= 15 is 0 Å². The number of ether oxygens (including phenoxy) is 1. The van der Waals surface area contributed by atoms with Gasteiger partial charge in [-0.3, -0.25) is 4.79 Å². The molecule has 6 rings (SSSR count). The molecule has 0 spiro atoms. The fraction of sp³-hybridized carbons (Fsp3) is 0.579. The number of hydrogen-bond acceptors (Lipinski definition) is 4. The summed E-state index contributed by atoms with van der Waals surface area (Å²) >= 11 is 1.63. The summed E-state index contributed by atoms with van der Waals surface area (Å²) < 4.78 is 6.91. The number of thiazole rings is 1. The molecule has 0 saturated heterocycles. The molecule has 1 aromatic heterocycles. The molecule has 1 aromatic carbocycles. The highest BCUT2D eigenvalue weighted by atomic mass is 32.1. The Morgan fingerprint density at radius 2 is 1.78 bits per heavy atom. The molecule has 4 aliphatic carbocycles. The first-order valence-corrected chi connectivity index (χ1v) is 9.53. The average Bonchev–Trinajstić information content (AvgIpc) is 2.94. The van der Waals surface area contributed by atoms with E-state index in [1.807, 2.05) is 18.2 Å². The molecule has 23 heavy (non-hydrogen) atoms. The summed E-state index contributed by atoms with van der Waals surface area (Å²) in [4.78, 5) is 17.4. The highest BCUT2D eigenvalue weighted by Crippen LogP contribution is 2.60. The molecule has 4 bridgehead atoms. The van der Waals surface area contributed by atoms with Gasteiger partial charge in [0.15, 0.2) is 0 Å². The molecule has 0 amide bonds. The molecule has 4 aliphatic rings. The third kappa shape index (κ3) is 2.30. The largest absolute Gasteiger partial charge is 0.458 e. The molecule has 0 N–H and O–H groups in total. The normalized spacial score (nSPS) is 34.9. The molecule has 4 fully saturated rings. The zero-order valence-electron chi connectivity index (χ0n) is 13.2. The number of rotatable bonds is 3. The molecule has 4 heteroatoms. The Balaban J connectivity index is 1.31. The average molecular weight is 327 g/mol. The highest BCUT2D eigenvalue weighted by Gasteiger charge is 2.55. The van der Waals surface area contributed by atoms with Crippen molar-refractivity contribution in [3.8, 4) is 0 Å². The van der Waals surface area contributed by atoms with Crippen molar-refractivity contribution >= 4 is 27.5 Å². The maximum absolute atomic E-state index is 12.8. The first-order chi connectivity index (χ1) is 11.2. The van der Waals surface area contributed by atoms with E-state index in [-0.39, 0.29) is 11.4 Å². The molecule has 3 nitrogen and oxygen atoms in total. The van der Waals surface area contributed by atoms with Crippen LogP contribution in [0.25, 0.3) is 10.2 Å². The quantitative estimate of drug-likeness (QED) is 0.776. The van der Waals surface area contributed by atoms with Crippen LogP contribution in [0.5, 0.6) is 0 Å². The lowest BCUT2D eigenvalue weighted by atomic mass is 9.49. The van der Waals surface area contributed by atoms with Gasteiger partial charge in [0.1, 0.15) is 11.6 Å². The van der Waals surface area contributed by atoms with Crippen LogP contribution in [0.1, 0.15) is 43.5 Å². The van der Waals surface area contributed by atoms with Gasteiger partial charge in [-0.1, -0.05) is 12.1 Å². The minimum Gasteiger partial charge on any atom is -0.458 e. The molecule has 2 aromatic rings. The molecule has 0 unspecified atom stereocenters. The first kappa shape index (κ1) is 14.0. The van der Waals surface area contributed by atoms with Crippen LogP contribution in [0.3, 0.4) is 0 Å². The van der Waals surface area contributed by atoms with Gasteiger partial charge in [-0.15, -0.1) is 11.3 Å². The van der Waals surface area contributed by atoms with Crippen LogP contribution in [0.2, 0.25) is 0 Å². The summed E-state index contributed by atoms with van der Waals surface area (Å²) in [5, 5.41) is 0.907. The Hall–Kier alpha value is -1.42. The van der Waals surface area contributed by atoms with Crippen molar-refractivity contribution in [2.45, 2.75) is 45.1 Å². The summed E-state index contributed by atoms with van der Waals surface area (Å²) in [6.45, 7) is 0.333. The van der Waals surface area contributed by atoms with Crippen molar-refractivity contribution in [1.29, 1.82) is 0 Å².